The molecule has 0 bridgehead atoms. The Labute approximate surface area is 103 Å². The van der Waals surface area contributed by atoms with E-state index in [1.807, 2.05) is 0 Å². The van der Waals surface area contributed by atoms with Gasteiger partial charge in [-0.25, -0.2) is 4.98 Å². The fraction of sp³-hybridized carbons (Fsp3) is 0.500. The number of hydrogen-bond acceptors (Lipinski definition) is 3. The van der Waals surface area contributed by atoms with Gasteiger partial charge in [-0.05, 0) is 18.6 Å². The molecule has 17 heavy (non-hydrogen) atoms. The van der Waals surface area contributed by atoms with E-state index in [0.717, 1.165) is 6.07 Å². The third-order valence-electron chi connectivity index (χ3n) is 2.56. The van der Waals surface area contributed by atoms with E-state index in [1.165, 1.54) is 6.07 Å². The molecule has 0 fully saturated rings. The van der Waals surface area contributed by atoms with Gasteiger partial charge in [-0.3, -0.25) is 0 Å². The second kappa shape index (κ2) is 4.80. The number of aromatic nitrogens is 1. The highest BCUT2D eigenvalue weighted by Crippen LogP contribution is 2.34. The number of alkyl halides is 3. The minimum atomic E-state index is -4.43. The average Bonchev–Trinajstić information content (AvgIpc) is 2.22. The van der Waals surface area contributed by atoms with Crippen LogP contribution >= 0.6 is 12.4 Å². The van der Waals surface area contributed by atoms with Crippen LogP contribution in [0, 0.1) is 0 Å². The van der Waals surface area contributed by atoms with Crippen molar-refractivity contribution >= 4 is 12.4 Å². The van der Waals surface area contributed by atoms with Crippen molar-refractivity contribution in [1.29, 1.82) is 0 Å². The van der Waals surface area contributed by atoms with Gasteiger partial charge in [0.25, 0.3) is 0 Å². The van der Waals surface area contributed by atoms with Crippen LogP contribution < -0.4 is 5.73 Å². The molecule has 7 heteroatoms. The van der Waals surface area contributed by atoms with Crippen LogP contribution in [0.4, 0.5) is 13.2 Å². The number of fused-ring (bicyclic) bond motifs is 1. The zero-order valence-electron chi connectivity index (χ0n) is 8.99. The lowest BCUT2D eigenvalue weighted by Gasteiger charge is -2.27. The van der Waals surface area contributed by atoms with Crippen LogP contribution in [-0.2, 0) is 10.9 Å². The standard InChI is InChI=1S/C10H11F3N2O.ClH/c1-5-9-6(7(14)4-16-5)2-3-8(15-9)10(11,12)13;/h2-3,5,7H,4,14H2,1H3;1H/t5-,7?;/m1./s1. The molecule has 0 saturated carbocycles. The van der Waals surface area contributed by atoms with Crippen LogP contribution in [0.2, 0.25) is 0 Å². The van der Waals surface area contributed by atoms with E-state index in [4.69, 9.17) is 10.5 Å². The van der Waals surface area contributed by atoms with Gasteiger partial charge in [-0.15, -0.1) is 12.4 Å². The van der Waals surface area contributed by atoms with Crippen LogP contribution in [0.1, 0.15) is 36.0 Å². The molecule has 1 aromatic heterocycles. The van der Waals surface area contributed by atoms with Crippen molar-refractivity contribution in [2.24, 2.45) is 5.73 Å². The van der Waals surface area contributed by atoms with Gasteiger partial charge in [-0.1, -0.05) is 6.07 Å². The van der Waals surface area contributed by atoms with E-state index in [-0.39, 0.29) is 18.1 Å². The van der Waals surface area contributed by atoms with Gasteiger partial charge in [0.05, 0.1) is 24.4 Å². The molecule has 2 N–H and O–H groups in total. The Hall–Kier alpha value is -0.850. The highest BCUT2D eigenvalue weighted by Gasteiger charge is 2.35. The first-order chi connectivity index (χ1) is 7.39. The number of halogens is 4. The van der Waals surface area contributed by atoms with E-state index >= 15 is 0 Å². The average molecular weight is 269 g/mol. The number of pyridine rings is 1. The normalized spacial score (nSPS) is 23.8. The van der Waals surface area contributed by atoms with Gasteiger partial charge in [0.2, 0.25) is 0 Å². The first kappa shape index (κ1) is 14.2. The molecule has 0 amide bonds. The fourth-order valence-electron chi connectivity index (χ4n) is 1.70. The molecular formula is C10H12ClF3N2O. The molecule has 1 aromatic rings. The van der Waals surface area contributed by atoms with Crippen LogP contribution in [-0.4, -0.2) is 11.6 Å². The summed E-state index contributed by atoms with van der Waals surface area (Å²) >= 11 is 0. The van der Waals surface area contributed by atoms with Crippen LogP contribution in [0.5, 0.6) is 0 Å². The Bertz CT molecular complexity index is 411. The first-order valence-corrected chi connectivity index (χ1v) is 4.85. The highest BCUT2D eigenvalue weighted by molar-refractivity contribution is 5.85. The summed E-state index contributed by atoms with van der Waals surface area (Å²) in [7, 11) is 0. The second-order valence-electron chi connectivity index (χ2n) is 3.75. The van der Waals surface area contributed by atoms with E-state index < -0.39 is 24.0 Å². The number of hydrogen-bond donors (Lipinski definition) is 1. The smallest absolute Gasteiger partial charge is 0.370 e. The molecule has 2 rings (SSSR count). The van der Waals surface area contributed by atoms with Gasteiger partial charge in [0, 0.05) is 0 Å². The lowest BCUT2D eigenvalue weighted by molar-refractivity contribution is -0.141. The number of nitrogens with two attached hydrogens (primary N) is 1. The second-order valence-corrected chi connectivity index (χ2v) is 3.75. The lowest BCUT2D eigenvalue weighted by Crippen LogP contribution is -2.27. The maximum absolute atomic E-state index is 12.4. The number of ether oxygens (including phenoxy) is 1. The van der Waals surface area contributed by atoms with Gasteiger partial charge >= 0.3 is 6.18 Å². The van der Waals surface area contributed by atoms with Crippen LogP contribution in [0.3, 0.4) is 0 Å². The van der Waals surface area contributed by atoms with E-state index in [1.54, 1.807) is 6.92 Å². The summed E-state index contributed by atoms with van der Waals surface area (Å²) in [4.78, 5) is 3.59. The van der Waals surface area contributed by atoms with Gasteiger partial charge in [-0.2, -0.15) is 13.2 Å². The summed E-state index contributed by atoms with van der Waals surface area (Å²) < 4.78 is 42.6. The number of rotatable bonds is 0. The van der Waals surface area contributed by atoms with Crippen molar-refractivity contribution in [3.05, 3.63) is 29.1 Å². The van der Waals surface area contributed by atoms with Crippen LogP contribution in [0.15, 0.2) is 12.1 Å². The third kappa shape index (κ3) is 2.70. The lowest BCUT2D eigenvalue weighted by atomic mass is 10.00. The molecule has 3 nitrogen and oxygen atoms in total. The molecule has 1 aliphatic rings. The molecular weight excluding hydrogens is 257 g/mol. The topological polar surface area (TPSA) is 48.1 Å². The predicted molar refractivity (Wildman–Crippen MR) is 57.8 cm³/mol. The monoisotopic (exact) mass is 268 g/mol. The summed E-state index contributed by atoms with van der Waals surface area (Å²) in [6.45, 7) is 1.97. The summed E-state index contributed by atoms with van der Waals surface area (Å²) in [5.74, 6) is 0. The molecule has 0 spiro atoms. The summed E-state index contributed by atoms with van der Waals surface area (Å²) in [6, 6.07) is 1.94. The quantitative estimate of drug-likeness (QED) is 0.787. The Morgan fingerprint density at radius 3 is 2.65 bits per heavy atom. The van der Waals surface area contributed by atoms with E-state index in [0.29, 0.717) is 12.2 Å². The van der Waals surface area contributed by atoms with Crippen molar-refractivity contribution in [1.82, 2.24) is 4.98 Å². The van der Waals surface area contributed by atoms with Crippen molar-refractivity contribution in [2.45, 2.75) is 25.2 Å². The van der Waals surface area contributed by atoms with Crippen molar-refractivity contribution in [3.63, 3.8) is 0 Å². The zero-order valence-corrected chi connectivity index (χ0v) is 9.81. The largest absolute Gasteiger partial charge is 0.433 e. The molecule has 96 valence electrons. The van der Waals surface area contributed by atoms with E-state index in [9.17, 15) is 13.2 Å². The molecule has 2 atom stereocenters. The minimum Gasteiger partial charge on any atom is -0.370 e. The molecule has 2 heterocycles. The SMILES string of the molecule is C[C@H]1OCC(N)c2ccc(C(F)(F)F)nc21.Cl. The maximum Gasteiger partial charge on any atom is 0.433 e. The summed E-state index contributed by atoms with van der Waals surface area (Å²) in [5, 5.41) is 0. The highest BCUT2D eigenvalue weighted by atomic mass is 35.5. The van der Waals surface area contributed by atoms with E-state index in [2.05, 4.69) is 4.98 Å². The Morgan fingerprint density at radius 1 is 1.41 bits per heavy atom. The number of nitrogens with zero attached hydrogens (tertiary/aromatic N) is 1. The Kier molecular flexibility index (Phi) is 4.01. The Balaban J connectivity index is 0.00000144. The van der Waals surface area contributed by atoms with Crippen LogP contribution in [0.25, 0.3) is 0 Å². The summed E-state index contributed by atoms with van der Waals surface area (Å²) in [6.07, 6.45) is -4.88. The Morgan fingerprint density at radius 2 is 2.06 bits per heavy atom. The van der Waals surface area contributed by atoms with Gasteiger partial charge in [0.1, 0.15) is 5.69 Å². The first-order valence-electron chi connectivity index (χ1n) is 4.85. The fourth-order valence-corrected chi connectivity index (χ4v) is 1.70. The molecule has 1 aliphatic heterocycles. The van der Waals surface area contributed by atoms with Crippen molar-refractivity contribution in [3.8, 4) is 0 Å². The van der Waals surface area contributed by atoms with Crippen molar-refractivity contribution < 1.29 is 17.9 Å². The molecule has 0 radical (unpaired) electrons. The van der Waals surface area contributed by atoms with Gasteiger partial charge in [0.15, 0.2) is 0 Å². The molecule has 1 unspecified atom stereocenters. The van der Waals surface area contributed by atoms with Gasteiger partial charge < -0.3 is 10.5 Å². The minimum absolute atomic E-state index is 0. The molecule has 0 saturated heterocycles. The maximum atomic E-state index is 12.4. The third-order valence-corrected chi connectivity index (χ3v) is 2.56. The predicted octanol–water partition coefficient (Wildman–Crippen LogP) is 2.61. The van der Waals surface area contributed by atoms with Crippen molar-refractivity contribution in [2.75, 3.05) is 6.61 Å². The zero-order chi connectivity index (χ0) is 11.9. The summed E-state index contributed by atoms with van der Waals surface area (Å²) in [5.41, 5.74) is 5.73. The molecule has 0 aliphatic carbocycles. The molecule has 0 aromatic carbocycles.